The second-order valence-corrected chi connectivity index (χ2v) is 9.50. The van der Waals surface area contributed by atoms with E-state index in [1.165, 1.54) is 16.4 Å². The molecule has 1 atom stereocenters. The molecule has 2 heterocycles. The van der Waals surface area contributed by atoms with Gasteiger partial charge in [-0.15, -0.1) is 11.3 Å². The molecule has 1 fully saturated rings. The van der Waals surface area contributed by atoms with Crippen LogP contribution in [0, 0.1) is 0 Å². The van der Waals surface area contributed by atoms with Crippen LogP contribution < -0.4 is 4.90 Å². The van der Waals surface area contributed by atoms with Gasteiger partial charge in [-0.25, -0.2) is 8.42 Å². The molecule has 0 unspecified atom stereocenters. The summed E-state index contributed by atoms with van der Waals surface area (Å²) in [6.45, 7) is -0.202. The molecule has 0 spiro atoms. The Morgan fingerprint density at radius 3 is 2.11 bits per heavy atom. The van der Waals surface area contributed by atoms with E-state index in [1.807, 2.05) is 4.90 Å². The van der Waals surface area contributed by atoms with E-state index in [-0.39, 0.29) is 17.3 Å². The Kier molecular flexibility index (Phi) is 5.74. The van der Waals surface area contributed by atoms with Crippen LogP contribution in [0.3, 0.4) is 0 Å². The predicted octanol–water partition coefficient (Wildman–Crippen LogP) is 2.00. The monoisotopic (exact) mass is 436 g/mol. The van der Waals surface area contributed by atoms with Gasteiger partial charge >= 0.3 is 6.18 Å². The molecule has 0 saturated carbocycles. The van der Waals surface area contributed by atoms with Gasteiger partial charge in [0.15, 0.2) is 0 Å². The van der Waals surface area contributed by atoms with Crippen LogP contribution >= 0.6 is 11.3 Å². The number of alkyl halides is 3. The Morgan fingerprint density at radius 1 is 1.04 bits per heavy atom. The van der Waals surface area contributed by atoms with E-state index >= 15 is 0 Å². The highest BCUT2D eigenvalue weighted by Gasteiger charge is 2.54. The third-order valence-corrected chi connectivity index (χ3v) is 8.01. The number of anilines is 1. The van der Waals surface area contributed by atoms with Crippen molar-refractivity contribution in [2.24, 2.45) is 0 Å². The first-order chi connectivity index (χ1) is 13.1. The van der Waals surface area contributed by atoms with Gasteiger partial charge in [0, 0.05) is 31.9 Å². The summed E-state index contributed by atoms with van der Waals surface area (Å²) >= 11 is 1.15. The summed E-state index contributed by atoms with van der Waals surface area (Å²) < 4.78 is 65.8. The van der Waals surface area contributed by atoms with Crippen molar-refractivity contribution in [3.63, 3.8) is 0 Å². The highest BCUT2D eigenvalue weighted by atomic mass is 32.2. The highest BCUT2D eigenvalue weighted by molar-refractivity contribution is 7.91. The molecule has 2 aromatic rings. The third-order valence-electron chi connectivity index (χ3n) is 4.74. The Balaban J connectivity index is 1.70. The van der Waals surface area contributed by atoms with E-state index in [4.69, 9.17) is 5.11 Å². The number of sulfonamides is 1. The molecule has 154 valence electrons. The molecule has 3 rings (SSSR count). The average Bonchev–Trinajstić information content (AvgIpc) is 3.22. The van der Waals surface area contributed by atoms with E-state index in [2.05, 4.69) is 0 Å². The Hall–Kier alpha value is -1.66. The first-order valence-electron chi connectivity index (χ1n) is 8.39. The molecule has 6 nitrogen and oxygen atoms in total. The minimum absolute atomic E-state index is 0.255. The zero-order valence-electron chi connectivity index (χ0n) is 14.6. The summed E-state index contributed by atoms with van der Waals surface area (Å²) in [6.07, 6.45) is -5.01. The molecule has 0 radical (unpaired) electrons. The lowest BCUT2D eigenvalue weighted by Crippen LogP contribution is -2.48. The number of aliphatic hydroxyl groups is 2. The smallest absolute Gasteiger partial charge is 0.393 e. The Morgan fingerprint density at radius 2 is 1.64 bits per heavy atom. The number of halogens is 3. The van der Waals surface area contributed by atoms with Crippen LogP contribution in [-0.4, -0.2) is 61.9 Å². The lowest BCUT2D eigenvalue weighted by Gasteiger charge is -2.35. The number of aliphatic hydroxyl groups excluding tert-OH is 1. The fraction of sp³-hybridized carbons (Fsp3) is 0.412. The van der Waals surface area contributed by atoms with E-state index in [0.717, 1.165) is 23.5 Å². The fourth-order valence-corrected chi connectivity index (χ4v) is 5.58. The van der Waals surface area contributed by atoms with Gasteiger partial charge in [-0.2, -0.15) is 17.5 Å². The van der Waals surface area contributed by atoms with Crippen molar-refractivity contribution in [1.29, 1.82) is 0 Å². The van der Waals surface area contributed by atoms with Gasteiger partial charge in [-0.3, -0.25) is 0 Å². The third kappa shape index (κ3) is 3.77. The predicted molar refractivity (Wildman–Crippen MR) is 98.8 cm³/mol. The Bertz CT molecular complexity index is 893. The molecule has 2 N–H and O–H groups in total. The van der Waals surface area contributed by atoms with Crippen LogP contribution in [-0.2, 0) is 15.6 Å². The number of rotatable bonds is 5. The lowest BCUT2D eigenvalue weighted by atomic mass is 9.94. The second-order valence-electron chi connectivity index (χ2n) is 6.39. The van der Waals surface area contributed by atoms with Gasteiger partial charge in [0.2, 0.25) is 5.60 Å². The van der Waals surface area contributed by atoms with Crippen LogP contribution in [0.2, 0.25) is 0 Å². The molecule has 0 amide bonds. The molecule has 1 aromatic carbocycles. The number of benzene rings is 1. The summed E-state index contributed by atoms with van der Waals surface area (Å²) in [4.78, 5) is 1.86. The molecule has 11 heteroatoms. The quantitative estimate of drug-likeness (QED) is 0.750. The van der Waals surface area contributed by atoms with Gasteiger partial charge in [-0.1, -0.05) is 18.2 Å². The van der Waals surface area contributed by atoms with Crippen LogP contribution in [0.1, 0.15) is 5.56 Å². The van der Waals surface area contributed by atoms with Gasteiger partial charge in [0.25, 0.3) is 10.0 Å². The maximum absolute atomic E-state index is 13.0. The molecular formula is C17H19F3N2O4S2. The Labute approximate surface area is 164 Å². The second kappa shape index (κ2) is 7.64. The van der Waals surface area contributed by atoms with Crippen LogP contribution in [0.5, 0.6) is 0 Å². The van der Waals surface area contributed by atoms with Gasteiger partial charge in [0.05, 0.1) is 6.61 Å². The zero-order chi connectivity index (χ0) is 20.6. The molecule has 1 saturated heterocycles. The average molecular weight is 436 g/mol. The van der Waals surface area contributed by atoms with Crippen LogP contribution in [0.25, 0.3) is 0 Å². The van der Waals surface area contributed by atoms with Crippen molar-refractivity contribution in [3.05, 3.63) is 47.3 Å². The van der Waals surface area contributed by atoms with E-state index in [9.17, 15) is 26.7 Å². The first-order valence-corrected chi connectivity index (χ1v) is 10.7. The molecular weight excluding hydrogens is 417 g/mol. The standard InChI is InChI=1S/C17H19F3N2O4S2/c18-17(19,20)16(24,12-23)13-3-5-14(6-4-13)21-7-9-22(10-8-21)28(25,26)15-2-1-11-27-15/h1-6,11,23-24H,7-10,12H2/t16-/m1/s1. The maximum atomic E-state index is 13.0. The van der Waals surface area contributed by atoms with Gasteiger partial charge in [-0.05, 0) is 29.1 Å². The van der Waals surface area contributed by atoms with Crippen molar-refractivity contribution < 1.29 is 31.8 Å². The number of hydrogen-bond donors (Lipinski definition) is 2. The number of piperazine rings is 1. The highest BCUT2D eigenvalue weighted by Crippen LogP contribution is 2.39. The molecule has 0 aliphatic carbocycles. The van der Waals surface area contributed by atoms with Crippen LogP contribution in [0.15, 0.2) is 46.0 Å². The van der Waals surface area contributed by atoms with Crippen molar-refractivity contribution in [2.75, 3.05) is 37.7 Å². The van der Waals surface area contributed by atoms with Gasteiger partial charge < -0.3 is 15.1 Å². The lowest BCUT2D eigenvalue weighted by molar-refractivity contribution is -0.277. The molecule has 1 aromatic heterocycles. The largest absolute Gasteiger partial charge is 0.423 e. The van der Waals surface area contributed by atoms with E-state index in [1.54, 1.807) is 17.5 Å². The fourth-order valence-electron chi connectivity index (χ4n) is 3.02. The van der Waals surface area contributed by atoms with Crippen molar-refractivity contribution in [2.45, 2.75) is 16.0 Å². The summed E-state index contributed by atoms with van der Waals surface area (Å²) in [6, 6.07) is 8.30. The molecule has 1 aliphatic heterocycles. The number of thiophene rings is 1. The van der Waals surface area contributed by atoms with Crippen molar-refractivity contribution in [3.8, 4) is 0 Å². The molecule has 28 heavy (non-hydrogen) atoms. The SMILES string of the molecule is O=S(=O)(c1cccs1)N1CCN(c2ccc([C@](O)(CO)C(F)(F)F)cc2)CC1. The number of hydrogen-bond acceptors (Lipinski definition) is 6. The van der Waals surface area contributed by atoms with Crippen LogP contribution in [0.4, 0.5) is 18.9 Å². The molecule has 1 aliphatic rings. The minimum atomic E-state index is -5.01. The summed E-state index contributed by atoms with van der Waals surface area (Å²) in [5.74, 6) is 0. The summed E-state index contributed by atoms with van der Waals surface area (Å²) in [5.41, 5.74) is -3.16. The zero-order valence-corrected chi connectivity index (χ0v) is 16.3. The maximum Gasteiger partial charge on any atom is 0.423 e. The van der Waals surface area contributed by atoms with E-state index < -0.39 is 34.0 Å². The normalized spacial score (nSPS) is 18.8. The summed E-state index contributed by atoms with van der Waals surface area (Å²) in [5, 5.41) is 20.5. The number of nitrogens with zero attached hydrogens (tertiary/aromatic N) is 2. The van der Waals surface area contributed by atoms with Crippen molar-refractivity contribution >= 4 is 27.0 Å². The first kappa shape index (κ1) is 21.1. The summed E-state index contributed by atoms with van der Waals surface area (Å²) in [7, 11) is -3.53. The van der Waals surface area contributed by atoms with Gasteiger partial charge in [0.1, 0.15) is 4.21 Å². The van der Waals surface area contributed by atoms with E-state index in [0.29, 0.717) is 18.8 Å². The minimum Gasteiger partial charge on any atom is -0.393 e. The van der Waals surface area contributed by atoms with Crippen molar-refractivity contribution in [1.82, 2.24) is 4.31 Å². The topological polar surface area (TPSA) is 81.1 Å². The molecule has 0 bridgehead atoms.